The van der Waals surface area contributed by atoms with Crippen molar-refractivity contribution in [1.29, 1.82) is 5.26 Å². The number of halogens is 2. The standard InChI is InChI=1S/C12H11F2N3O3/c1-3-12(2,6-15)16-11(18)7-4-8(13)9(14)5-10(7)17(19)20/h4-5H,3H2,1-2H3,(H,16,18). The molecule has 6 nitrogen and oxygen atoms in total. The number of nitro benzene ring substituents is 1. The predicted molar refractivity (Wildman–Crippen MR) is 64.8 cm³/mol. The molecule has 1 N–H and O–H groups in total. The lowest BCUT2D eigenvalue weighted by Crippen LogP contribution is -2.44. The van der Waals surface area contributed by atoms with E-state index in [0.29, 0.717) is 12.1 Å². The van der Waals surface area contributed by atoms with E-state index < -0.39 is 39.3 Å². The lowest BCUT2D eigenvalue weighted by molar-refractivity contribution is -0.385. The largest absolute Gasteiger partial charge is 0.334 e. The summed E-state index contributed by atoms with van der Waals surface area (Å²) in [6.45, 7) is 3.04. The third-order valence-corrected chi connectivity index (χ3v) is 2.82. The van der Waals surface area contributed by atoms with Crippen molar-refractivity contribution in [2.24, 2.45) is 0 Å². The Labute approximate surface area is 113 Å². The van der Waals surface area contributed by atoms with Crippen molar-refractivity contribution >= 4 is 11.6 Å². The highest BCUT2D eigenvalue weighted by molar-refractivity contribution is 5.98. The van der Waals surface area contributed by atoms with Gasteiger partial charge < -0.3 is 5.32 Å². The first-order valence-electron chi connectivity index (χ1n) is 5.61. The fourth-order valence-electron chi connectivity index (χ4n) is 1.38. The van der Waals surface area contributed by atoms with Crippen LogP contribution in [0.15, 0.2) is 12.1 Å². The molecule has 0 aromatic heterocycles. The summed E-state index contributed by atoms with van der Waals surface area (Å²) in [5.74, 6) is -3.82. The van der Waals surface area contributed by atoms with E-state index in [4.69, 9.17) is 5.26 Å². The molecule has 0 aliphatic carbocycles. The van der Waals surface area contributed by atoms with Crippen LogP contribution in [-0.2, 0) is 0 Å². The zero-order valence-electron chi connectivity index (χ0n) is 10.7. The summed E-state index contributed by atoms with van der Waals surface area (Å²) in [5.41, 5.74) is -2.75. The SMILES string of the molecule is CCC(C)(C#N)NC(=O)c1cc(F)c(F)cc1[N+](=O)[O-]. The first-order valence-corrected chi connectivity index (χ1v) is 5.61. The van der Waals surface area contributed by atoms with Gasteiger partial charge >= 0.3 is 0 Å². The Kier molecular flexibility index (Phi) is 4.34. The molecule has 0 radical (unpaired) electrons. The highest BCUT2D eigenvalue weighted by atomic mass is 19.2. The lowest BCUT2D eigenvalue weighted by Gasteiger charge is -2.21. The molecule has 0 spiro atoms. The van der Waals surface area contributed by atoms with Gasteiger partial charge in [-0.1, -0.05) is 6.92 Å². The molecular weight excluding hydrogens is 272 g/mol. The average Bonchev–Trinajstić information content (AvgIpc) is 2.40. The summed E-state index contributed by atoms with van der Waals surface area (Å²) in [6.07, 6.45) is 0.243. The number of amides is 1. The summed E-state index contributed by atoms with van der Waals surface area (Å²) in [6, 6.07) is 2.61. The topological polar surface area (TPSA) is 96.0 Å². The molecule has 8 heteroatoms. The highest BCUT2D eigenvalue weighted by Gasteiger charge is 2.29. The van der Waals surface area contributed by atoms with Crippen LogP contribution in [0.3, 0.4) is 0 Å². The molecule has 1 amide bonds. The molecule has 0 aliphatic rings. The maximum atomic E-state index is 13.1. The second-order valence-electron chi connectivity index (χ2n) is 4.29. The lowest BCUT2D eigenvalue weighted by atomic mass is 10.00. The van der Waals surface area contributed by atoms with Crippen molar-refractivity contribution in [1.82, 2.24) is 5.32 Å². The number of carbonyl (C=O) groups excluding carboxylic acids is 1. The molecule has 0 bridgehead atoms. The van der Waals surface area contributed by atoms with E-state index in [1.54, 1.807) is 6.92 Å². The van der Waals surface area contributed by atoms with Crippen LogP contribution < -0.4 is 5.32 Å². The molecular formula is C12H11F2N3O3. The maximum absolute atomic E-state index is 13.1. The fraction of sp³-hybridized carbons (Fsp3) is 0.333. The van der Waals surface area contributed by atoms with E-state index in [1.165, 1.54) is 6.92 Å². The first kappa shape index (κ1) is 15.5. The molecule has 106 valence electrons. The van der Waals surface area contributed by atoms with Gasteiger partial charge in [0.2, 0.25) is 0 Å². The molecule has 1 unspecified atom stereocenters. The maximum Gasteiger partial charge on any atom is 0.285 e. The monoisotopic (exact) mass is 283 g/mol. The third-order valence-electron chi connectivity index (χ3n) is 2.82. The van der Waals surface area contributed by atoms with E-state index >= 15 is 0 Å². The van der Waals surface area contributed by atoms with Crippen LogP contribution in [0, 0.1) is 33.1 Å². The van der Waals surface area contributed by atoms with Crippen molar-refractivity contribution in [2.75, 3.05) is 0 Å². The van der Waals surface area contributed by atoms with Gasteiger partial charge in [0, 0.05) is 0 Å². The van der Waals surface area contributed by atoms with Crippen LogP contribution in [0.5, 0.6) is 0 Å². The summed E-state index contributed by atoms with van der Waals surface area (Å²) >= 11 is 0. The van der Waals surface area contributed by atoms with Crippen LogP contribution in [0.2, 0.25) is 0 Å². The van der Waals surface area contributed by atoms with Crippen molar-refractivity contribution in [3.05, 3.63) is 39.4 Å². The Balaban J connectivity index is 3.26. The van der Waals surface area contributed by atoms with Gasteiger partial charge in [0.1, 0.15) is 11.1 Å². The molecule has 0 aliphatic heterocycles. The van der Waals surface area contributed by atoms with Crippen LogP contribution in [0.1, 0.15) is 30.6 Å². The smallest absolute Gasteiger partial charge is 0.285 e. The number of carbonyl (C=O) groups is 1. The Morgan fingerprint density at radius 2 is 2.05 bits per heavy atom. The van der Waals surface area contributed by atoms with Gasteiger partial charge in [-0.2, -0.15) is 5.26 Å². The minimum atomic E-state index is -1.42. The first-order chi connectivity index (χ1) is 9.24. The molecule has 1 rings (SSSR count). The summed E-state index contributed by atoms with van der Waals surface area (Å²) in [5, 5.41) is 21.9. The zero-order chi connectivity index (χ0) is 15.5. The Morgan fingerprint density at radius 3 is 2.50 bits per heavy atom. The second kappa shape index (κ2) is 5.61. The van der Waals surface area contributed by atoms with E-state index in [2.05, 4.69) is 5.32 Å². The van der Waals surface area contributed by atoms with Gasteiger partial charge in [-0.25, -0.2) is 8.78 Å². The molecule has 1 aromatic rings. The number of benzene rings is 1. The van der Waals surface area contributed by atoms with Crippen molar-refractivity contribution < 1.29 is 18.5 Å². The van der Waals surface area contributed by atoms with Gasteiger partial charge in [0.25, 0.3) is 11.6 Å². The Hall–Kier alpha value is -2.56. The van der Waals surface area contributed by atoms with E-state index in [9.17, 15) is 23.7 Å². The van der Waals surface area contributed by atoms with Crippen molar-refractivity contribution in [3.63, 3.8) is 0 Å². The third kappa shape index (κ3) is 3.06. The highest BCUT2D eigenvalue weighted by Crippen LogP contribution is 2.23. The number of hydrogen-bond donors (Lipinski definition) is 1. The Bertz CT molecular complexity index is 613. The predicted octanol–water partition coefficient (Wildman–Crippen LogP) is 2.30. The molecule has 0 heterocycles. The zero-order valence-corrected chi connectivity index (χ0v) is 10.7. The van der Waals surface area contributed by atoms with Crippen molar-refractivity contribution in [2.45, 2.75) is 25.8 Å². The number of rotatable bonds is 4. The average molecular weight is 283 g/mol. The minimum absolute atomic E-state index is 0.243. The number of nitrogens with zero attached hydrogens (tertiary/aromatic N) is 2. The molecule has 1 aromatic carbocycles. The van der Waals surface area contributed by atoms with Gasteiger partial charge in [0.05, 0.1) is 17.1 Å². The quantitative estimate of drug-likeness (QED) is 0.677. The number of nitriles is 1. The number of hydrogen-bond acceptors (Lipinski definition) is 4. The molecule has 20 heavy (non-hydrogen) atoms. The summed E-state index contributed by atoms with van der Waals surface area (Å²) in [7, 11) is 0. The number of nitro groups is 1. The van der Waals surface area contributed by atoms with Gasteiger partial charge in [0.15, 0.2) is 11.6 Å². The van der Waals surface area contributed by atoms with Gasteiger partial charge in [-0.15, -0.1) is 0 Å². The van der Waals surface area contributed by atoms with Gasteiger partial charge in [-0.3, -0.25) is 14.9 Å². The normalized spacial score (nSPS) is 13.2. The van der Waals surface area contributed by atoms with Gasteiger partial charge in [-0.05, 0) is 19.4 Å². The van der Waals surface area contributed by atoms with E-state index in [0.717, 1.165) is 0 Å². The summed E-state index contributed by atoms with van der Waals surface area (Å²) < 4.78 is 26.1. The number of nitrogens with one attached hydrogen (secondary N) is 1. The van der Waals surface area contributed by atoms with E-state index in [-0.39, 0.29) is 6.42 Å². The van der Waals surface area contributed by atoms with Crippen molar-refractivity contribution in [3.8, 4) is 6.07 Å². The molecule has 0 fully saturated rings. The minimum Gasteiger partial charge on any atom is -0.334 e. The van der Waals surface area contributed by atoms with Crippen LogP contribution in [-0.4, -0.2) is 16.4 Å². The molecule has 1 atom stereocenters. The van der Waals surface area contributed by atoms with E-state index in [1.807, 2.05) is 6.07 Å². The molecule has 0 saturated heterocycles. The summed E-state index contributed by atoms with van der Waals surface area (Å²) in [4.78, 5) is 21.7. The van der Waals surface area contributed by atoms with Crippen LogP contribution >= 0.6 is 0 Å². The van der Waals surface area contributed by atoms with Crippen LogP contribution in [0.4, 0.5) is 14.5 Å². The fourth-order valence-corrected chi connectivity index (χ4v) is 1.38. The second-order valence-corrected chi connectivity index (χ2v) is 4.29. The van der Waals surface area contributed by atoms with Crippen LogP contribution in [0.25, 0.3) is 0 Å². The molecule has 0 saturated carbocycles. The Morgan fingerprint density at radius 1 is 1.50 bits per heavy atom.